The molecule has 0 aliphatic heterocycles. The summed E-state index contributed by atoms with van der Waals surface area (Å²) < 4.78 is 40.6. The van der Waals surface area contributed by atoms with Crippen LogP contribution in [0.1, 0.15) is 18.4 Å². The number of H-pyrrole nitrogens is 1. The fourth-order valence-corrected chi connectivity index (χ4v) is 4.53. The zero-order chi connectivity index (χ0) is 22.6. The number of aryl methyl sites for hydroxylation is 1. The maximum atomic E-state index is 13.3. The van der Waals surface area contributed by atoms with Crippen LogP contribution in [0.15, 0.2) is 83.9 Å². The van der Waals surface area contributed by atoms with Crippen LogP contribution in [0, 0.1) is 5.82 Å². The van der Waals surface area contributed by atoms with Gasteiger partial charge in [-0.3, -0.25) is 9.52 Å². The van der Waals surface area contributed by atoms with Gasteiger partial charge in [0.15, 0.2) is 0 Å². The number of nitrogens with one attached hydrogen (secondary N) is 3. The Balaban J connectivity index is 1.31. The van der Waals surface area contributed by atoms with Crippen molar-refractivity contribution in [3.8, 4) is 0 Å². The molecule has 1 amide bonds. The van der Waals surface area contributed by atoms with Gasteiger partial charge in [0.2, 0.25) is 5.91 Å². The number of carbonyl (C=O) groups is 1. The number of aromatic amines is 1. The molecule has 0 radical (unpaired) electrons. The van der Waals surface area contributed by atoms with Gasteiger partial charge < -0.3 is 10.3 Å². The van der Waals surface area contributed by atoms with E-state index in [1.54, 1.807) is 0 Å². The predicted molar refractivity (Wildman–Crippen MR) is 124 cm³/mol. The van der Waals surface area contributed by atoms with Gasteiger partial charge in [-0.2, -0.15) is 0 Å². The van der Waals surface area contributed by atoms with E-state index >= 15 is 0 Å². The lowest BCUT2D eigenvalue weighted by Crippen LogP contribution is -2.14. The van der Waals surface area contributed by atoms with Gasteiger partial charge in [0.05, 0.1) is 10.6 Å². The molecule has 0 bridgehead atoms. The van der Waals surface area contributed by atoms with Gasteiger partial charge in [-0.25, -0.2) is 12.8 Å². The molecule has 4 rings (SSSR count). The summed E-state index contributed by atoms with van der Waals surface area (Å²) in [5, 5.41) is 3.95. The van der Waals surface area contributed by atoms with E-state index in [4.69, 9.17) is 0 Å². The van der Waals surface area contributed by atoms with Gasteiger partial charge in [-0.05, 0) is 66.9 Å². The van der Waals surface area contributed by atoms with Crippen molar-refractivity contribution >= 4 is 38.2 Å². The minimum absolute atomic E-state index is 0.0131. The number of sulfonamides is 1. The highest BCUT2D eigenvalue weighted by molar-refractivity contribution is 7.92. The predicted octanol–water partition coefficient (Wildman–Crippen LogP) is 5.07. The van der Waals surface area contributed by atoms with Crippen molar-refractivity contribution in [1.82, 2.24) is 4.98 Å². The van der Waals surface area contributed by atoms with Crippen LogP contribution in [-0.2, 0) is 21.2 Å². The largest absolute Gasteiger partial charge is 0.361 e. The number of hydrogen-bond acceptors (Lipinski definition) is 3. The number of fused-ring (bicyclic) bond motifs is 1. The van der Waals surface area contributed by atoms with Crippen LogP contribution in [0.2, 0.25) is 0 Å². The van der Waals surface area contributed by atoms with Crippen molar-refractivity contribution in [3.63, 3.8) is 0 Å². The smallest absolute Gasteiger partial charge is 0.261 e. The van der Waals surface area contributed by atoms with E-state index in [2.05, 4.69) is 21.1 Å². The number of rotatable bonds is 8. The molecule has 0 fully saturated rings. The van der Waals surface area contributed by atoms with Crippen molar-refractivity contribution in [1.29, 1.82) is 0 Å². The van der Waals surface area contributed by atoms with Gasteiger partial charge in [0.25, 0.3) is 10.0 Å². The first kappa shape index (κ1) is 21.6. The molecule has 4 aromatic rings. The minimum atomic E-state index is -3.86. The van der Waals surface area contributed by atoms with Crippen molar-refractivity contribution < 1.29 is 17.6 Å². The normalized spacial score (nSPS) is 11.4. The Morgan fingerprint density at radius 3 is 2.50 bits per heavy atom. The maximum absolute atomic E-state index is 13.3. The molecule has 0 aliphatic carbocycles. The average molecular weight is 452 g/mol. The molecule has 0 saturated carbocycles. The summed E-state index contributed by atoms with van der Waals surface area (Å²) in [5.74, 6) is -0.675. The van der Waals surface area contributed by atoms with Gasteiger partial charge in [-0.1, -0.05) is 24.3 Å². The number of anilines is 2. The van der Waals surface area contributed by atoms with Crippen LogP contribution in [0.4, 0.5) is 15.8 Å². The molecule has 0 aliphatic rings. The second-order valence-corrected chi connectivity index (χ2v) is 9.08. The molecule has 3 aromatic carbocycles. The second kappa shape index (κ2) is 9.23. The highest BCUT2D eigenvalue weighted by Crippen LogP contribution is 2.21. The lowest BCUT2D eigenvalue weighted by Gasteiger charge is -2.10. The molecule has 0 spiro atoms. The third-order valence-electron chi connectivity index (χ3n) is 5.05. The third kappa shape index (κ3) is 5.15. The molecule has 6 nitrogen and oxygen atoms in total. The molecule has 32 heavy (non-hydrogen) atoms. The van der Waals surface area contributed by atoms with Gasteiger partial charge in [0.1, 0.15) is 5.82 Å². The third-order valence-corrected chi connectivity index (χ3v) is 6.45. The number of para-hydroxylation sites is 1. The van der Waals surface area contributed by atoms with E-state index in [-0.39, 0.29) is 16.5 Å². The molecular weight excluding hydrogens is 429 g/mol. The SMILES string of the molecule is O=C(CCCc1c[nH]c2ccccc12)Nc1ccc(S(=O)(=O)Nc2cccc(F)c2)cc1. The number of amides is 1. The topological polar surface area (TPSA) is 91.1 Å². The lowest BCUT2D eigenvalue weighted by molar-refractivity contribution is -0.116. The van der Waals surface area contributed by atoms with Gasteiger partial charge >= 0.3 is 0 Å². The summed E-state index contributed by atoms with van der Waals surface area (Å²) >= 11 is 0. The Labute approximate surface area is 185 Å². The molecule has 1 aromatic heterocycles. The molecule has 3 N–H and O–H groups in total. The number of hydrogen-bond donors (Lipinski definition) is 3. The lowest BCUT2D eigenvalue weighted by atomic mass is 10.1. The summed E-state index contributed by atoms with van der Waals surface area (Å²) in [6, 6.07) is 19.1. The zero-order valence-corrected chi connectivity index (χ0v) is 18.0. The number of carbonyl (C=O) groups excluding carboxylic acids is 1. The quantitative estimate of drug-likeness (QED) is 0.349. The summed E-state index contributed by atoms with van der Waals surface area (Å²) in [7, 11) is -3.86. The van der Waals surface area contributed by atoms with E-state index in [0.29, 0.717) is 18.5 Å². The molecule has 8 heteroatoms. The second-order valence-electron chi connectivity index (χ2n) is 7.40. The van der Waals surface area contributed by atoms with Crippen molar-refractivity contribution in [2.75, 3.05) is 10.0 Å². The van der Waals surface area contributed by atoms with Gasteiger partial charge in [0, 0.05) is 29.2 Å². The Hall–Kier alpha value is -3.65. The molecule has 164 valence electrons. The Morgan fingerprint density at radius 1 is 0.938 bits per heavy atom. The standard InChI is InChI=1S/C24H22FN3O3S/c25-18-6-4-7-20(15-18)28-32(30,31)21-13-11-19(12-14-21)27-24(29)10-3-5-17-16-26-23-9-2-1-8-22(17)23/h1-2,4,6-9,11-16,26,28H,3,5,10H2,(H,27,29). The summed E-state index contributed by atoms with van der Waals surface area (Å²) in [6.45, 7) is 0. The summed E-state index contributed by atoms with van der Waals surface area (Å²) in [6.07, 6.45) is 3.79. The van der Waals surface area contributed by atoms with Crippen LogP contribution in [-0.4, -0.2) is 19.3 Å². The highest BCUT2D eigenvalue weighted by atomic mass is 32.2. The number of aromatic nitrogens is 1. The number of benzene rings is 3. The van der Waals surface area contributed by atoms with E-state index in [1.165, 1.54) is 48.0 Å². The van der Waals surface area contributed by atoms with Crippen LogP contribution >= 0.6 is 0 Å². The zero-order valence-electron chi connectivity index (χ0n) is 17.1. The van der Waals surface area contributed by atoms with Crippen LogP contribution < -0.4 is 10.0 Å². The van der Waals surface area contributed by atoms with Crippen LogP contribution in [0.25, 0.3) is 10.9 Å². The fourth-order valence-electron chi connectivity index (χ4n) is 3.48. The maximum Gasteiger partial charge on any atom is 0.261 e. The molecule has 0 unspecified atom stereocenters. The highest BCUT2D eigenvalue weighted by Gasteiger charge is 2.15. The fraction of sp³-hybridized carbons (Fsp3) is 0.125. The monoisotopic (exact) mass is 451 g/mol. The van der Waals surface area contributed by atoms with Crippen molar-refractivity contribution in [2.24, 2.45) is 0 Å². The van der Waals surface area contributed by atoms with Gasteiger partial charge in [-0.15, -0.1) is 0 Å². The molecule has 0 saturated heterocycles. The van der Waals surface area contributed by atoms with Crippen molar-refractivity contribution in [3.05, 3.63) is 90.4 Å². The Morgan fingerprint density at radius 2 is 1.72 bits per heavy atom. The van der Waals surface area contributed by atoms with Crippen LogP contribution in [0.5, 0.6) is 0 Å². The molecular formula is C24H22FN3O3S. The Kier molecular flexibility index (Phi) is 6.23. The van der Waals surface area contributed by atoms with Crippen LogP contribution in [0.3, 0.4) is 0 Å². The number of halogens is 1. The van der Waals surface area contributed by atoms with E-state index in [0.717, 1.165) is 23.4 Å². The van der Waals surface area contributed by atoms with E-state index < -0.39 is 15.8 Å². The van der Waals surface area contributed by atoms with E-state index in [1.807, 2.05) is 24.4 Å². The first-order chi connectivity index (χ1) is 15.4. The minimum Gasteiger partial charge on any atom is -0.361 e. The first-order valence-corrected chi connectivity index (χ1v) is 11.6. The summed E-state index contributed by atoms with van der Waals surface area (Å²) in [4.78, 5) is 15.5. The van der Waals surface area contributed by atoms with E-state index in [9.17, 15) is 17.6 Å². The van der Waals surface area contributed by atoms with Crippen molar-refractivity contribution in [2.45, 2.75) is 24.2 Å². The first-order valence-electron chi connectivity index (χ1n) is 10.1. The molecule has 0 atom stereocenters. The summed E-state index contributed by atoms with van der Waals surface area (Å²) in [5.41, 5.74) is 2.90. The Bertz CT molecular complexity index is 1350. The average Bonchev–Trinajstić information content (AvgIpc) is 3.17. The molecule has 1 heterocycles.